The summed E-state index contributed by atoms with van der Waals surface area (Å²) in [6, 6.07) is 0. The molecular formula is C86H168O17P2. The fourth-order valence-corrected chi connectivity index (χ4v) is 15.0. The average molecular weight is 1540 g/mol. The molecule has 0 saturated heterocycles. The van der Waals surface area contributed by atoms with Gasteiger partial charge in [0.2, 0.25) is 0 Å². The number of unbranched alkanes of at least 4 members (excludes halogenated alkanes) is 54. The van der Waals surface area contributed by atoms with Gasteiger partial charge in [0.15, 0.2) is 12.2 Å². The lowest BCUT2D eigenvalue weighted by Crippen LogP contribution is -2.30. The van der Waals surface area contributed by atoms with Gasteiger partial charge in [-0.25, -0.2) is 9.13 Å². The van der Waals surface area contributed by atoms with Gasteiger partial charge in [-0.05, 0) is 37.5 Å². The normalized spacial score (nSPS) is 14.1. The summed E-state index contributed by atoms with van der Waals surface area (Å²) in [4.78, 5) is 73.1. The van der Waals surface area contributed by atoms with Crippen LogP contribution in [0.4, 0.5) is 0 Å². The maximum Gasteiger partial charge on any atom is 0.472 e. The van der Waals surface area contributed by atoms with Crippen molar-refractivity contribution in [3.63, 3.8) is 0 Å². The second-order valence-corrected chi connectivity index (χ2v) is 34.6. The van der Waals surface area contributed by atoms with Crippen LogP contribution < -0.4 is 0 Å². The highest BCUT2D eigenvalue weighted by atomic mass is 31.2. The van der Waals surface area contributed by atoms with E-state index < -0.39 is 97.5 Å². The highest BCUT2D eigenvalue weighted by molar-refractivity contribution is 7.47. The SMILES string of the molecule is CCCCCCCCCCCCCCCCCCCCCCCCC(=O)O[C@H](COC(=O)CCCCCCCCCCCCCCCCC(C)CC)COP(=O)(O)OC[C@@H](O)COP(=O)(O)OC[C@@H](COC(=O)CCCCCCCCCC)OC(=O)CCCCCCCCCCCCCCCCC(C)C. The number of phosphoric acid groups is 2. The number of ether oxygens (including phenoxy) is 4. The number of hydrogen-bond donors (Lipinski definition) is 3. The van der Waals surface area contributed by atoms with Crippen molar-refractivity contribution in [3.05, 3.63) is 0 Å². The van der Waals surface area contributed by atoms with Gasteiger partial charge in [-0.1, -0.05) is 408 Å². The van der Waals surface area contributed by atoms with E-state index >= 15 is 0 Å². The Balaban J connectivity index is 5.18. The lowest BCUT2D eigenvalue weighted by molar-refractivity contribution is -0.161. The Morgan fingerprint density at radius 1 is 0.276 bits per heavy atom. The first kappa shape index (κ1) is 103. The molecule has 17 nitrogen and oxygen atoms in total. The predicted octanol–water partition coefficient (Wildman–Crippen LogP) is 26.2. The fraction of sp³-hybridized carbons (Fsp3) is 0.953. The monoisotopic (exact) mass is 1540 g/mol. The molecule has 0 saturated carbocycles. The van der Waals surface area contributed by atoms with Gasteiger partial charge in [-0.3, -0.25) is 37.3 Å². The van der Waals surface area contributed by atoms with E-state index in [2.05, 4.69) is 41.5 Å². The first-order chi connectivity index (χ1) is 50.9. The zero-order valence-corrected chi connectivity index (χ0v) is 70.8. The van der Waals surface area contributed by atoms with Crippen molar-refractivity contribution in [1.29, 1.82) is 0 Å². The van der Waals surface area contributed by atoms with Crippen molar-refractivity contribution in [2.75, 3.05) is 39.6 Å². The van der Waals surface area contributed by atoms with Crippen LogP contribution in [0.3, 0.4) is 0 Å². The Bertz CT molecular complexity index is 2010. The largest absolute Gasteiger partial charge is 0.472 e. The molecule has 0 fully saturated rings. The lowest BCUT2D eigenvalue weighted by atomic mass is 9.99. The average Bonchev–Trinajstić information content (AvgIpc) is 0.928. The van der Waals surface area contributed by atoms with Crippen LogP contribution in [-0.2, 0) is 65.4 Å². The van der Waals surface area contributed by atoms with E-state index in [1.54, 1.807) is 0 Å². The molecule has 19 heteroatoms. The van der Waals surface area contributed by atoms with Crippen LogP contribution in [0.15, 0.2) is 0 Å². The summed E-state index contributed by atoms with van der Waals surface area (Å²) in [5, 5.41) is 10.7. The van der Waals surface area contributed by atoms with Crippen LogP contribution in [0.1, 0.15) is 459 Å². The highest BCUT2D eigenvalue weighted by Gasteiger charge is 2.30. The number of aliphatic hydroxyl groups excluding tert-OH is 1. The second-order valence-electron chi connectivity index (χ2n) is 31.6. The van der Waals surface area contributed by atoms with Gasteiger partial charge in [-0.2, -0.15) is 0 Å². The van der Waals surface area contributed by atoms with E-state index in [-0.39, 0.29) is 25.7 Å². The van der Waals surface area contributed by atoms with Gasteiger partial charge >= 0.3 is 39.5 Å². The zero-order valence-electron chi connectivity index (χ0n) is 69.0. The Kier molecular flexibility index (Phi) is 76.0. The van der Waals surface area contributed by atoms with Gasteiger partial charge < -0.3 is 33.8 Å². The molecule has 624 valence electrons. The van der Waals surface area contributed by atoms with Crippen LogP contribution in [-0.4, -0.2) is 96.7 Å². The number of esters is 4. The van der Waals surface area contributed by atoms with Gasteiger partial charge in [0.25, 0.3) is 0 Å². The van der Waals surface area contributed by atoms with Crippen molar-refractivity contribution in [3.8, 4) is 0 Å². The molecule has 0 spiro atoms. The van der Waals surface area contributed by atoms with Crippen LogP contribution in [0.2, 0.25) is 0 Å². The van der Waals surface area contributed by atoms with Crippen molar-refractivity contribution in [1.82, 2.24) is 0 Å². The van der Waals surface area contributed by atoms with Gasteiger partial charge in [-0.15, -0.1) is 0 Å². The molecule has 0 aromatic carbocycles. The number of carbonyl (C=O) groups is 4. The van der Waals surface area contributed by atoms with E-state index in [9.17, 15) is 43.2 Å². The molecule has 0 aromatic rings. The minimum Gasteiger partial charge on any atom is -0.462 e. The number of phosphoric ester groups is 2. The molecule has 0 aliphatic rings. The molecule has 6 atom stereocenters. The number of rotatable bonds is 85. The van der Waals surface area contributed by atoms with Crippen molar-refractivity contribution >= 4 is 39.5 Å². The molecule has 0 heterocycles. The third-order valence-electron chi connectivity index (χ3n) is 20.6. The van der Waals surface area contributed by atoms with Crippen LogP contribution >= 0.6 is 15.6 Å². The maximum atomic E-state index is 13.1. The molecule has 0 bridgehead atoms. The smallest absolute Gasteiger partial charge is 0.462 e. The quantitative estimate of drug-likeness (QED) is 0.0222. The summed E-state index contributed by atoms with van der Waals surface area (Å²) in [7, 11) is -9.92. The minimum absolute atomic E-state index is 0.108. The summed E-state index contributed by atoms with van der Waals surface area (Å²) < 4.78 is 68.8. The topological polar surface area (TPSA) is 237 Å². The molecule has 0 rings (SSSR count). The van der Waals surface area contributed by atoms with Crippen molar-refractivity contribution in [2.45, 2.75) is 477 Å². The Morgan fingerprint density at radius 2 is 0.486 bits per heavy atom. The number of hydrogen-bond acceptors (Lipinski definition) is 15. The standard InChI is InChI=1S/C86H168O17P2/c1-7-10-12-14-16-18-19-20-21-22-23-24-25-26-27-28-36-41-46-52-58-64-70-86(91)103-82(75-97-84(89)69-63-57-51-45-40-35-32-30-34-39-44-49-55-61-67-79(6)9-3)77-101-105(94,95)99-73-80(87)72-98-104(92,93)100-76-81(74-96-83(88)68-62-56-50-17-15-13-11-8-2)102-85(90)71-65-59-53-47-42-37-31-29-33-38-43-48-54-60-66-78(4)5/h78-82,87H,7-77H2,1-6H3,(H,92,93)(H,94,95)/t79?,80-,81+,82+/m0/s1. The number of aliphatic hydroxyl groups is 1. The van der Waals surface area contributed by atoms with E-state index in [0.29, 0.717) is 25.7 Å². The Morgan fingerprint density at radius 3 is 0.724 bits per heavy atom. The maximum absolute atomic E-state index is 13.1. The van der Waals surface area contributed by atoms with Crippen LogP contribution in [0.5, 0.6) is 0 Å². The van der Waals surface area contributed by atoms with Crippen molar-refractivity contribution < 1.29 is 80.2 Å². The van der Waals surface area contributed by atoms with E-state index in [1.807, 2.05) is 0 Å². The van der Waals surface area contributed by atoms with Crippen LogP contribution in [0, 0.1) is 11.8 Å². The minimum atomic E-state index is -4.96. The number of carbonyl (C=O) groups excluding carboxylic acids is 4. The molecule has 0 aromatic heterocycles. The zero-order chi connectivity index (χ0) is 77.1. The molecule has 0 aliphatic carbocycles. The first-order valence-corrected chi connectivity index (χ1v) is 47.5. The summed E-state index contributed by atoms with van der Waals surface area (Å²) in [5.74, 6) is -0.460. The Labute approximate surface area is 645 Å². The molecule has 0 radical (unpaired) electrons. The first-order valence-electron chi connectivity index (χ1n) is 44.5. The molecule has 0 aliphatic heterocycles. The highest BCUT2D eigenvalue weighted by Crippen LogP contribution is 2.45. The summed E-state index contributed by atoms with van der Waals surface area (Å²) in [5.41, 5.74) is 0. The summed E-state index contributed by atoms with van der Waals surface area (Å²) >= 11 is 0. The molecule has 0 amide bonds. The Hall–Kier alpha value is -1.94. The van der Waals surface area contributed by atoms with E-state index in [1.165, 1.54) is 270 Å². The van der Waals surface area contributed by atoms with Gasteiger partial charge in [0.05, 0.1) is 26.4 Å². The second kappa shape index (κ2) is 77.4. The third-order valence-corrected chi connectivity index (χ3v) is 22.5. The molecule has 3 unspecified atom stereocenters. The molecule has 105 heavy (non-hydrogen) atoms. The van der Waals surface area contributed by atoms with E-state index in [0.717, 1.165) is 108 Å². The van der Waals surface area contributed by atoms with Gasteiger partial charge in [0, 0.05) is 25.7 Å². The lowest BCUT2D eigenvalue weighted by Gasteiger charge is -2.21. The third kappa shape index (κ3) is 78.5. The van der Waals surface area contributed by atoms with E-state index in [4.69, 9.17) is 37.0 Å². The summed E-state index contributed by atoms with van der Waals surface area (Å²) in [6.07, 6.45) is 69.5. The molecule has 3 N–H and O–H groups in total. The van der Waals surface area contributed by atoms with Crippen molar-refractivity contribution in [2.24, 2.45) is 11.8 Å². The summed E-state index contributed by atoms with van der Waals surface area (Å²) in [6.45, 7) is 9.72. The fourth-order valence-electron chi connectivity index (χ4n) is 13.4. The predicted molar refractivity (Wildman–Crippen MR) is 432 cm³/mol. The molecular weight excluding hydrogens is 1370 g/mol. The van der Waals surface area contributed by atoms with Gasteiger partial charge in [0.1, 0.15) is 19.3 Å². The van der Waals surface area contributed by atoms with Crippen LogP contribution in [0.25, 0.3) is 0 Å².